The van der Waals surface area contributed by atoms with Gasteiger partial charge in [0.1, 0.15) is 12.6 Å². The average molecular weight is 550 g/mol. The minimum atomic E-state index is -4.07. The normalized spacial score (nSPS) is 12.2. The Hall–Kier alpha value is -3.65. The van der Waals surface area contributed by atoms with E-state index in [1.165, 1.54) is 17.0 Å². The first-order chi connectivity index (χ1) is 18.4. The number of hydrogen-bond donors (Lipinski definition) is 1. The quantitative estimate of drug-likeness (QED) is 0.365. The zero-order valence-electron chi connectivity index (χ0n) is 23.6. The molecule has 8 heteroatoms. The summed E-state index contributed by atoms with van der Waals surface area (Å²) in [6, 6.07) is 20.3. The maximum absolute atomic E-state index is 14.0. The maximum Gasteiger partial charge on any atom is 0.264 e. The summed E-state index contributed by atoms with van der Waals surface area (Å²) in [5, 5.41) is 2.90. The Morgan fingerprint density at radius 3 is 2.15 bits per heavy atom. The number of aryl methyl sites for hydroxylation is 3. The average Bonchev–Trinajstić information content (AvgIpc) is 2.90. The van der Waals surface area contributed by atoms with Crippen LogP contribution in [0.25, 0.3) is 0 Å². The summed E-state index contributed by atoms with van der Waals surface area (Å²) in [4.78, 5) is 28.6. The van der Waals surface area contributed by atoms with E-state index in [-0.39, 0.29) is 23.3 Å². The lowest BCUT2D eigenvalue weighted by Crippen LogP contribution is -2.51. The van der Waals surface area contributed by atoms with Crippen LogP contribution in [0.4, 0.5) is 5.69 Å². The summed E-state index contributed by atoms with van der Waals surface area (Å²) in [5.41, 5.74) is 4.20. The number of nitrogens with zero attached hydrogens (tertiary/aromatic N) is 2. The van der Waals surface area contributed by atoms with Gasteiger partial charge in [-0.2, -0.15) is 0 Å². The van der Waals surface area contributed by atoms with Crippen molar-refractivity contribution >= 4 is 27.5 Å². The van der Waals surface area contributed by atoms with E-state index in [1.54, 1.807) is 37.3 Å². The number of benzene rings is 3. The van der Waals surface area contributed by atoms with E-state index in [0.717, 1.165) is 26.6 Å². The van der Waals surface area contributed by atoms with Crippen LogP contribution >= 0.6 is 0 Å². The Balaban J connectivity index is 2.03. The van der Waals surface area contributed by atoms with Gasteiger partial charge in [-0.1, -0.05) is 67.9 Å². The largest absolute Gasteiger partial charge is 0.354 e. The zero-order chi connectivity index (χ0) is 28.7. The van der Waals surface area contributed by atoms with Crippen molar-refractivity contribution in [1.29, 1.82) is 0 Å². The predicted octanol–water partition coefficient (Wildman–Crippen LogP) is 5.00. The van der Waals surface area contributed by atoms with Crippen molar-refractivity contribution in [2.75, 3.05) is 17.4 Å². The number of nitrogens with one attached hydrogen (secondary N) is 1. The van der Waals surface area contributed by atoms with Gasteiger partial charge in [0.2, 0.25) is 11.8 Å². The zero-order valence-corrected chi connectivity index (χ0v) is 24.5. The molecule has 3 rings (SSSR count). The van der Waals surface area contributed by atoms with Gasteiger partial charge in [-0.25, -0.2) is 8.42 Å². The van der Waals surface area contributed by atoms with Gasteiger partial charge in [-0.15, -0.1) is 0 Å². The van der Waals surface area contributed by atoms with Crippen molar-refractivity contribution in [3.63, 3.8) is 0 Å². The van der Waals surface area contributed by atoms with Crippen LogP contribution in [0.3, 0.4) is 0 Å². The van der Waals surface area contributed by atoms with E-state index in [9.17, 15) is 18.0 Å². The van der Waals surface area contributed by atoms with Crippen LogP contribution in [-0.2, 0) is 26.2 Å². The third-order valence-corrected chi connectivity index (χ3v) is 8.46. The molecule has 39 heavy (non-hydrogen) atoms. The lowest BCUT2D eigenvalue weighted by molar-refractivity contribution is -0.139. The van der Waals surface area contributed by atoms with Crippen LogP contribution in [-0.4, -0.2) is 44.3 Å². The molecule has 0 spiro atoms. The van der Waals surface area contributed by atoms with Crippen LogP contribution in [0.1, 0.15) is 43.0 Å². The highest BCUT2D eigenvalue weighted by Crippen LogP contribution is 2.26. The molecule has 0 saturated carbocycles. The van der Waals surface area contributed by atoms with Crippen molar-refractivity contribution in [2.24, 2.45) is 5.92 Å². The van der Waals surface area contributed by atoms with Gasteiger partial charge in [-0.3, -0.25) is 13.9 Å². The molecule has 7 nitrogen and oxygen atoms in total. The van der Waals surface area contributed by atoms with Gasteiger partial charge in [0.25, 0.3) is 10.0 Å². The van der Waals surface area contributed by atoms with Gasteiger partial charge in [0.05, 0.1) is 10.6 Å². The summed E-state index contributed by atoms with van der Waals surface area (Å²) >= 11 is 0. The molecule has 1 unspecified atom stereocenters. The Bertz CT molecular complexity index is 1400. The topological polar surface area (TPSA) is 86.8 Å². The lowest BCUT2D eigenvalue weighted by Gasteiger charge is -2.32. The molecule has 0 aliphatic heterocycles. The number of sulfonamides is 1. The number of carbonyl (C=O) groups is 2. The fourth-order valence-electron chi connectivity index (χ4n) is 4.17. The van der Waals surface area contributed by atoms with E-state index < -0.39 is 28.5 Å². The smallest absolute Gasteiger partial charge is 0.264 e. The van der Waals surface area contributed by atoms with E-state index in [1.807, 2.05) is 65.0 Å². The van der Waals surface area contributed by atoms with Crippen molar-refractivity contribution in [2.45, 2.75) is 59.0 Å². The highest BCUT2D eigenvalue weighted by molar-refractivity contribution is 7.92. The van der Waals surface area contributed by atoms with Gasteiger partial charge < -0.3 is 10.2 Å². The minimum absolute atomic E-state index is 0.0870. The molecule has 2 amide bonds. The molecule has 1 atom stereocenters. The molecule has 1 N–H and O–H groups in total. The van der Waals surface area contributed by atoms with Gasteiger partial charge in [0, 0.05) is 13.1 Å². The number of rotatable bonds is 11. The second kappa shape index (κ2) is 12.9. The van der Waals surface area contributed by atoms with E-state index in [0.29, 0.717) is 12.2 Å². The summed E-state index contributed by atoms with van der Waals surface area (Å²) in [5.74, 6) is -0.506. The van der Waals surface area contributed by atoms with Crippen LogP contribution in [0.5, 0.6) is 0 Å². The molecule has 0 radical (unpaired) electrons. The van der Waals surface area contributed by atoms with Gasteiger partial charge in [0.15, 0.2) is 0 Å². The Labute approximate surface area is 232 Å². The third-order valence-electron chi connectivity index (χ3n) is 6.68. The van der Waals surface area contributed by atoms with Crippen LogP contribution in [0.15, 0.2) is 77.7 Å². The van der Waals surface area contributed by atoms with Gasteiger partial charge in [-0.05, 0) is 74.6 Å². The molecule has 3 aromatic rings. The first-order valence-electron chi connectivity index (χ1n) is 13.2. The van der Waals surface area contributed by atoms with Crippen LogP contribution in [0.2, 0.25) is 0 Å². The highest BCUT2D eigenvalue weighted by atomic mass is 32.2. The second-order valence-electron chi connectivity index (χ2n) is 10.4. The standard InChI is InChI=1S/C31H39N3O4S/c1-22(2)19-32-31(36)26(6)33(20-27-12-10-11-23(3)17-27)30(35)21-34(28-16-15-24(4)25(5)18-28)39(37,38)29-13-8-7-9-14-29/h7-18,22,26H,19-21H2,1-6H3,(H,32,36). The molecular formula is C31H39N3O4S. The number of amides is 2. The number of anilines is 1. The summed E-state index contributed by atoms with van der Waals surface area (Å²) in [6.45, 7) is 11.7. The summed E-state index contributed by atoms with van der Waals surface area (Å²) < 4.78 is 28.8. The van der Waals surface area contributed by atoms with E-state index in [4.69, 9.17) is 0 Å². The maximum atomic E-state index is 14.0. The summed E-state index contributed by atoms with van der Waals surface area (Å²) in [6.07, 6.45) is 0. The monoisotopic (exact) mass is 549 g/mol. The molecule has 3 aromatic carbocycles. The molecule has 0 heterocycles. The Kier molecular flexibility index (Phi) is 9.92. The molecule has 0 aromatic heterocycles. The molecule has 0 saturated heterocycles. The van der Waals surface area contributed by atoms with Crippen LogP contribution < -0.4 is 9.62 Å². The Morgan fingerprint density at radius 1 is 0.846 bits per heavy atom. The van der Waals surface area contributed by atoms with Crippen LogP contribution in [0, 0.1) is 26.7 Å². The van der Waals surface area contributed by atoms with E-state index in [2.05, 4.69) is 5.32 Å². The first-order valence-corrected chi connectivity index (χ1v) is 14.6. The molecule has 0 aliphatic carbocycles. The molecule has 0 bridgehead atoms. The fraction of sp³-hybridized carbons (Fsp3) is 0.355. The molecule has 208 valence electrons. The van der Waals surface area contributed by atoms with E-state index >= 15 is 0 Å². The lowest BCUT2D eigenvalue weighted by atomic mass is 10.1. The predicted molar refractivity (Wildman–Crippen MR) is 156 cm³/mol. The Morgan fingerprint density at radius 2 is 1.54 bits per heavy atom. The number of hydrogen-bond acceptors (Lipinski definition) is 4. The van der Waals surface area contributed by atoms with Crippen molar-refractivity contribution in [3.05, 3.63) is 95.1 Å². The minimum Gasteiger partial charge on any atom is -0.354 e. The molecule has 0 fully saturated rings. The van der Waals surface area contributed by atoms with Gasteiger partial charge >= 0.3 is 0 Å². The molecule has 0 aliphatic rings. The third kappa shape index (κ3) is 7.69. The van der Waals surface area contributed by atoms with Crippen molar-refractivity contribution in [3.8, 4) is 0 Å². The molecular weight excluding hydrogens is 510 g/mol. The van der Waals surface area contributed by atoms with Crippen molar-refractivity contribution in [1.82, 2.24) is 10.2 Å². The number of carbonyl (C=O) groups excluding carboxylic acids is 2. The van der Waals surface area contributed by atoms with Crippen molar-refractivity contribution < 1.29 is 18.0 Å². The highest BCUT2D eigenvalue weighted by Gasteiger charge is 2.32. The first kappa shape index (κ1) is 29.9. The second-order valence-corrected chi connectivity index (χ2v) is 12.3. The summed E-state index contributed by atoms with van der Waals surface area (Å²) in [7, 11) is -4.07. The SMILES string of the molecule is Cc1cccc(CN(C(=O)CN(c2ccc(C)c(C)c2)S(=O)(=O)c2ccccc2)C(C)C(=O)NCC(C)C)c1. The fourth-order valence-corrected chi connectivity index (χ4v) is 5.60.